The molecule has 0 aliphatic carbocycles. The van der Waals surface area contributed by atoms with Gasteiger partial charge in [0.15, 0.2) is 11.0 Å². The maximum atomic E-state index is 12.3. The van der Waals surface area contributed by atoms with Crippen LogP contribution in [0.5, 0.6) is 0 Å². The molecular formula is C19H18Cl2N4OS. The molecule has 3 rings (SSSR count). The number of carbonyl (C=O) groups excluding carboxylic acids is 1. The molecule has 3 aromatic rings. The zero-order valence-corrected chi connectivity index (χ0v) is 17.1. The van der Waals surface area contributed by atoms with E-state index in [0.29, 0.717) is 27.2 Å². The highest BCUT2D eigenvalue weighted by Gasteiger charge is 2.18. The monoisotopic (exact) mass is 420 g/mol. The van der Waals surface area contributed by atoms with E-state index < -0.39 is 0 Å². The van der Waals surface area contributed by atoms with Crippen molar-refractivity contribution >= 4 is 40.9 Å². The van der Waals surface area contributed by atoms with Crippen LogP contribution in [0.1, 0.15) is 34.7 Å². The summed E-state index contributed by atoms with van der Waals surface area (Å²) in [5.41, 5.74) is 1.66. The van der Waals surface area contributed by atoms with E-state index in [0.717, 1.165) is 10.7 Å². The maximum absolute atomic E-state index is 12.3. The maximum Gasteiger partial charge on any atom is 0.251 e. The lowest BCUT2D eigenvalue weighted by atomic mass is 10.2. The van der Waals surface area contributed by atoms with E-state index in [4.69, 9.17) is 23.2 Å². The summed E-state index contributed by atoms with van der Waals surface area (Å²) in [4.78, 5) is 12.3. The van der Waals surface area contributed by atoms with Gasteiger partial charge in [-0.1, -0.05) is 59.2 Å². The van der Waals surface area contributed by atoms with E-state index in [1.807, 2.05) is 48.9 Å². The van der Waals surface area contributed by atoms with Crippen LogP contribution < -0.4 is 5.32 Å². The Labute approximate surface area is 172 Å². The number of halogens is 2. The van der Waals surface area contributed by atoms with Gasteiger partial charge in [0.1, 0.15) is 0 Å². The van der Waals surface area contributed by atoms with Gasteiger partial charge < -0.3 is 9.88 Å². The molecule has 0 aliphatic rings. The van der Waals surface area contributed by atoms with Crippen LogP contribution in [0.3, 0.4) is 0 Å². The highest BCUT2D eigenvalue weighted by atomic mass is 35.5. The van der Waals surface area contributed by atoms with E-state index in [9.17, 15) is 4.79 Å². The van der Waals surface area contributed by atoms with Crippen LogP contribution in [0.25, 0.3) is 0 Å². The molecule has 1 N–H and O–H groups in total. The Morgan fingerprint density at radius 2 is 1.89 bits per heavy atom. The van der Waals surface area contributed by atoms with Crippen molar-refractivity contribution in [2.24, 2.45) is 7.05 Å². The first-order chi connectivity index (χ1) is 13.0. The van der Waals surface area contributed by atoms with Gasteiger partial charge in [0.25, 0.3) is 5.91 Å². The van der Waals surface area contributed by atoms with Gasteiger partial charge in [0.2, 0.25) is 0 Å². The van der Waals surface area contributed by atoms with E-state index in [1.165, 1.54) is 0 Å². The first-order valence-corrected chi connectivity index (χ1v) is 10.0. The Morgan fingerprint density at radius 1 is 1.15 bits per heavy atom. The number of benzene rings is 2. The van der Waals surface area contributed by atoms with Crippen molar-refractivity contribution < 1.29 is 4.79 Å². The van der Waals surface area contributed by atoms with E-state index in [2.05, 4.69) is 15.5 Å². The molecule has 1 atom stereocenters. The Morgan fingerprint density at radius 3 is 2.59 bits per heavy atom. The number of amides is 1. The quantitative estimate of drug-likeness (QED) is 0.575. The molecule has 140 valence electrons. The average Bonchev–Trinajstić information content (AvgIpc) is 3.04. The van der Waals surface area contributed by atoms with Crippen molar-refractivity contribution in [3.05, 3.63) is 75.5 Å². The SMILES string of the molecule is CC(NC(=O)c1ccccc1)c1nnc(SCc2ccc(Cl)c(Cl)c2)n1C. The van der Waals surface area contributed by atoms with Gasteiger partial charge in [-0.05, 0) is 36.8 Å². The van der Waals surface area contributed by atoms with Gasteiger partial charge in [0.05, 0.1) is 16.1 Å². The Hall–Kier alpha value is -2.02. The van der Waals surface area contributed by atoms with Crippen LogP contribution in [0.4, 0.5) is 0 Å². The number of hydrogen-bond donors (Lipinski definition) is 1. The number of rotatable bonds is 6. The van der Waals surface area contributed by atoms with Gasteiger partial charge in [0, 0.05) is 18.4 Å². The smallest absolute Gasteiger partial charge is 0.251 e. The summed E-state index contributed by atoms with van der Waals surface area (Å²) in [6.45, 7) is 1.89. The predicted molar refractivity (Wildman–Crippen MR) is 109 cm³/mol. The lowest BCUT2D eigenvalue weighted by Crippen LogP contribution is -2.28. The fourth-order valence-corrected chi connectivity index (χ4v) is 3.72. The lowest BCUT2D eigenvalue weighted by molar-refractivity contribution is 0.0937. The van der Waals surface area contributed by atoms with Crippen molar-refractivity contribution in [3.63, 3.8) is 0 Å². The molecule has 5 nitrogen and oxygen atoms in total. The van der Waals surface area contributed by atoms with Gasteiger partial charge in [-0.25, -0.2) is 0 Å². The second-order valence-corrected chi connectivity index (χ2v) is 7.76. The molecule has 1 heterocycles. The molecule has 0 saturated carbocycles. The largest absolute Gasteiger partial charge is 0.342 e. The van der Waals surface area contributed by atoms with Crippen molar-refractivity contribution in [1.82, 2.24) is 20.1 Å². The minimum Gasteiger partial charge on any atom is -0.342 e. The van der Waals surface area contributed by atoms with Crippen LogP contribution in [0, 0.1) is 0 Å². The fourth-order valence-electron chi connectivity index (χ4n) is 2.54. The number of thioether (sulfide) groups is 1. The molecule has 0 aliphatic heterocycles. The summed E-state index contributed by atoms with van der Waals surface area (Å²) >= 11 is 13.5. The molecule has 0 spiro atoms. The molecular weight excluding hydrogens is 403 g/mol. The van der Waals surface area contributed by atoms with Gasteiger partial charge in [-0.15, -0.1) is 10.2 Å². The first-order valence-electron chi connectivity index (χ1n) is 8.27. The number of nitrogens with one attached hydrogen (secondary N) is 1. The minimum atomic E-state index is -0.269. The fraction of sp³-hybridized carbons (Fsp3) is 0.211. The number of nitrogens with zero attached hydrogens (tertiary/aromatic N) is 3. The standard InChI is InChI=1S/C19H18Cl2N4OS/c1-12(22-18(26)14-6-4-3-5-7-14)17-23-24-19(25(17)2)27-11-13-8-9-15(20)16(21)10-13/h3-10,12H,11H2,1-2H3,(H,22,26). The summed E-state index contributed by atoms with van der Waals surface area (Å²) < 4.78 is 1.89. The van der Waals surface area contributed by atoms with Gasteiger partial charge in [-0.2, -0.15) is 0 Å². The van der Waals surface area contributed by atoms with E-state index >= 15 is 0 Å². The molecule has 0 saturated heterocycles. The summed E-state index contributed by atoms with van der Waals surface area (Å²) in [6.07, 6.45) is 0. The molecule has 1 amide bonds. The number of aromatic nitrogens is 3. The Bertz CT molecular complexity index is 946. The minimum absolute atomic E-state index is 0.142. The molecule has 27 heavy (non-hydrogen) atoms. The second kappa shape index (κ2) is 8.78. The van der Waals surface area contributed by atoms with Crippen LogP contribution in [-0.2, 0) is 12.8 Å². The summed E-state index contributed by atoms with van der Waals surface area (Å²) in [6, 6.07) is 14.4. The van der Waals surface area contributed by atoms with E-state index in [1.54, 1.807) is 30.0 Å². The Kier molecular flexibility index (Phi) is 6.42. The predicted octanol–water partition coefficient (Wildman–Crippen LogP) is 4.91. The molecule has 1 aromatic heterocycles. The van der Waals surface area contributed by atoms with Crippen molar-refractivity contribution in [2.75, 3.05) is 0 Å². The normalized spacial score (nSPS) is 12.0. The molecule has 0 fully saturated rings. The van der Waals surface area contributed by atoms with Crippen LogP contribution in [0.15, 0.2) is 53.7 Å². The summed E-state index contributed by atoms with van der Waals surface area (Å²) in [7, 11) is 1.89. The van der Waals surface area contributed by atoms with Crippen LogP contribution >= 0.6 is 35.0 Å². The number of carbonyl (C=O) groups is 1. The first kappa shape index (κ1) is 19.7. The zero-order chi connectivity index (χ0) is 19.4. The highest BCUT2D eigenvalue weighted by molar-refractivity contribution is 7.98. The zero-order valence-electron chi connectivity index (χ0n) is 14.8. The van der Waals surface area contributed by atoms with Gasteiger partial charge in [-0.3, -0.25) is 4.79 Å². The highest BCUT2D eigenvalue weighted by Crippen LogP contribution is 2.27. The third-order valence-corrected chi connectivity index (χ3v) is 5.82. The topological polar surface area (TPSA) is 59.8 Å². The average molecular weight is 421 g/mol. The Balaban J connectivity index is 1.65. The molecule has 1 unspecified atom stereocenters. The summed E-state index contributed by atoms with van der Waals surface area (Å²) in [5.74, 6) is 1.24. The van der Waals surface area contributed by atoms with Crippen LogP contribution in [-0.4, -0.2) is 20.7 Å². The third kappa shape index (κ3) is 4.83. The second-order valence-electron chi connectivity index (χ2n) is 6.00. The molecule has 0 bridgehead atoms. The number of hydrogen-bond acceptors (Lipinski definition) is 4. The van der Waals surface area contributed by atoms with Crippen LogP contribution in [0.2, 0.25) is 10.0 Å². The van der Waals surface area contributed by atoms with Crippen molar-refractivity contribution in [2.45, 2.75) is 23.9 Å². The summed E-state index contributed by atoms with van der Waals surface area (Å²) in [5, 5.41) is 13.3. The molecule has 2 aromatic carbocycles. The molecule has 8 heteroatoms. The molecule has 0 radical (unpaired) electrons. The van der Waals surface area contributed by atoms with Crippen molar-refractivity contribution in [3.8, 4) is 0 Å². The van der Waals surface area contributed by atoms with Crippen molar-refractivity contribution in [1.29, 1.82) is 0 Å². The van der Waals surface area contributed by atoms with E-state index in [-0.39, 0.29) is 11.9 Å². The third-order valence-electron chi connectivity index (χ3n) is 3.99. The lowest BCUT2D eigenvalue weighted by Gasteiger charge is -2.13. The van der Waals surface area contributed by atoms with Gasteiger partial charge >= 0.3 is 0 Å².